The van der Waals surface area contributed by atoms with Crippen molar-refractivity contribution in [3.05, 3.63) is 11.1 Å². The Kier molecular flexibility index (Phi) is 3.94. The van der Waals surface area contributed by atoms with Gasteiger partial charge in [0.05, 0.1) is 11.3 Å². The molecule has 1 aromatic rings. The summed E-state index contributed by atoms with van der Waals surface area (Å²) in [4.78, 5) is 9.05. The van der Waals surface area contributed by atoms with Crippen LogP contribution in [0.4, 0.5) is 5.13 Å². The molecule has 0 unspecified atom stereocenters. The van der Waals surface area contributed by atoms with Crippen LogP contribution in [0.25, 0.3) is 0 Å². The summed E-state index contributed by atoms with van der Waals surface area (Å²) < 4.78 is 0. The minimum atomic E-state index is -0.654. The summed E-state index contributed by atoms with van der Waals surface area (Å²) >= 11 is 1.71. The molecule has 1 fully saturated rings. The summed E-state index contributed by atoms with van der Waals surface area (Å²) in [6.07, 6.45) is 2.59. The lowest BCUT2D eigenvalue weighted by molar-refractivity contribution is 0.0422. The number of rotatable bonds is 6. The lowest BCUT2D eigenvalue weighted by atomic mass is 10.1. The Labute approximate surface area is 113 Å². The van der Waals surface area contributed by atoms with Crippen LogP contribution in [0.15, 0.2) is 5.38 Å². The molecule has 0 atom stereocenters. The Hall–Kier alpha value is -0.650. The molecule has 1 aliphatic carbocycles. The summed E-state index contributed by atoms with van der Waals surface area (Å²) in [6.45, 7) is 5.10. The number of hydrogen-bond acceptors (Lipinski definition) is 5. The van der Waals surface area contributed by atoms with E-state index in [-0.39, 0.29) is 0 Å². The molecule has 0 saturated heterocycles. The molecule has 18 heavy (non-hydrogen) atoms. The van der Waals surface area contributed by atoms with E-state index in [2.05, 4.69) is 27.2 Å². The van der Waals surface area contributed by atoms with E-state index < -0.39 is 5.60 Å². The number of hydrogen-bond donors (Lipinski definition) is 1. The van der Waals surface area contributed by atoms with E-state index in [4.69, 9.17) is 0 Å². The van der Waals surface area contributed by atoms with Crippen molar-refractivity contribution in [1.29, 1.82) is 0 Å². The van der Waals surface area contributed by atoms with Crippen LogP contribution in [-0.2, 0) is 6.54 Å². The third-order valence-corrected chi connectivity index (χ3v) is 4.00. The minimum absolute atomic E-state index is 0.651. The first-order valence-electron chi connectivity index (χ1n) is 6.43. The smallest absolute Gasteiger partial charge is 0.185 e. The zero-order valence-electron chi connectivity index (χ0n) is 11.7. The van der Waals surface area contributed by atoms with Gasteiger partial charge in [-0.1, -0.05) is 0 Å². The summed E-state index contributed by atoms with van der Waals surface area (Å²) in [7, 11) is 4.14. The maximum absolute atomic E-state index is 9.77. The van der Waals surface area contributed by atoms with Crippen molar-refractivity contribution in [2.75, 3.05) is 25.5 Å². The van der Waals surface area contributed by atoms with Crippen LogP contribution in [0.3, 0.4) is 0 Å². The van der Waals surface area contributed by atoms with Crippen molar-refractivity contribution in [3.63, 3.8) is 0 Å². The highest BCUT2D eigenvalue weighted by Crippen LogP contribution is 2.32. The molecule has 1 heterocycles. The molecule has 102 valence electrons. The highest BCUT2D eigenvalue weighted by atomic mass is 32.1. The van der Waals surface area contributed by atoms with E-state index in [0.29, 0.717) is 12.6 Å². The van der Waals surface area contributed by atoms with Gasteiger partial charge < -0.3 is 10.0 Å². The normalized spacial score (nSPS) is 16.3. The van der Waals surface area contributed by atoms with Crippen LogP contribution in [0.1, 0.15) is 32.4 Å². The first-order chi connectivity index (χ1) is 8.35. The van der Waals surface area contributed by atoms with Crippen LogP contribution in [0.5, 0.6) is 0 Å². The van der Waals surface area contributed by atoms with Crippen LogP contribution in [0.2, 0.25) is 0 Å². The number of thiazole rings is 1. The molecule has 0 bridgehead atoms. The van der Waals surface area contributed by atoms with Crippen molar-refractivity contribution in [2.24, 2.45) is 0 Å². The fraction of sp³-hybridized carbons (Fsp3) is 0.769. The molecular formula is C13H23N3OS. The fourth-order valence-electron chi connectivity index (χ4n) is 2.14. The summed E-state index contributed by atoms with van der Waals surface area (Å²) in [5.41, 5.74) is 0.438. The largest absolute Gasteiger partial charge is 0.389 e. The molecule has 0 aromatic carbocycles. The van der Waals surface area contributed by atoms with E-state index in [1.165, 1.54) is 12.8 Å². The quantitative estimate of drug-likeness (QED) is 0.857. The number of aromatic nitrogens is 1. The van der Waals surface area contributed by atoms with Crippen LogP contribution in [-0.4, -0.2) is 47.3 Å². The molecule has 2 rings (SSSR count). The predicted octanol–water partition coefficient (Wildman–Crippen LogP) is 1.94. The highest BCUT2D eigenvalue weighted by Gasteiger charge is 2.28. The Morgan fingerprint density at radius 1 is 1.44 bits per heavy atom. The van der Waals surface area contributed by atoms with Crippen LogP contribution < -0.4 is 4.90 Å². The second kappa shape index (κ2) is 5.15. The molecule has 1 saturated carbocycles. The van der Waals surface area contributed by atoms with Crippen molar-refractivity contribution in [3.8, 4) is 0 Å². The summed E-state index contributed by atoms with van der Waals surface area (Å²) in [5, 5.41) is 13.0. The Balaban J connectivity index is 1.89. The minimum Gasteiger partial charge on any atom is -0.389 e. The number of likely N-dealkylation sites (N-methyl/N-ethyl adjacent to an activating group) is 1. The lowest BCUT2D eigenvalue weighted by Crippen LogP contribution is -2.35. The van der Waals surface area contributed by atoms with Gasteiger partial charge in [0.2, 0.25) is 0 Å². The average molecular weight is 269 g/mol. The fourth-order valence-corrected chi connectivity index (χ4v) is 3.00. The maximum atomic E-state index is 9.77. The molecule has 1 aliphatic rings. The zero-order valence-corrected chi connectivity index (χ0v) is 12.5. The molecule has 0 spiro atoms. The van der Waals surface area contributed by atoms with Crippen LogP contribution in [0, 0.1) is 0 Å². The van der Waals surface area contributed by atoms with Gasteiger partial charge in [-0.2, -0.15) is 0 Å². The summed E-state index contributed by atoms with van der Waals surface area (Å²) in [6, 6.07) is 0.707. The molecule has 0 amide bonds. The molecule has 0 aliphatic heterocycles. The van der Waals surface area contributed by atoms with Gasteiger partial charge in [-0.15, -0.1) is 11.3 Å². The van der Waals surface area contributed by atoms with Crippen molar-refractivity contribution in [1.82, 2.24) is 9.88 Å². The van der Waals surface area contributed by atoms with Crippen molar-refractivity contribution >= 4 is 16.5 Å². The van der Waals surface area contributed by atoms with E-state index in [0.717, 1.165) is 17.4 Å². The lowest BCUT2D eigenvalue weighted by Gasteiger charge is -2.24. The Bertz CT molecular complexity index is 395. The topological polar surface area (TPSA) is 39.6 Å². The number of anilines is 1. The molecule has 4 nitrogen and oxygen atoms in total. The van der Waals surface area contributed by atoms with Gasteiger partial charge in [-0.25, -0.2) is 4.98 Å². The summed E-state index contributed by atoms with van der Waals surface area (Å²) in [5.74, 6) is 0. The van der Waals surface area contributed by atoms with Gasteiger partial charge in [0.1, 0.15) is 0 Å². The second-order valence-corrected chi connectivity index (χ2v) is 6.78. The molecule has 5 heteroatoms. The van der Waals surface area contributed by atoms with Crippen molar-refractivity contribution < 1.29 is 5.11 Å². The first-order valence-corrected chi connectivity index (χ1v) is 7.31. The molecule has 0 radical (unpaired) electrons. The van der Waals surface area contributed by atoms with Gasteiger partial charge in [0.15, 0.2) is 5.13 Å². The van der Waals surface area contributed by atoms with Gasteiger partial charge in [0, 0.05) is 31.6 Å². The van der Waals surface area contributed by atoms with E-state index in [9.17, 15) is 5.11 Å². The zero-order chi connectivity index (χ0) is 13.3. The third-order valence-electron chi connectivity index (χ3n) is 3.02. The standard InChI is InChI=1S/C13H23N3OS/c1-13(2,17)9-15(3)7-10-8-18-12(14-10)16(4)11-5-6-11/h8,11,17H,5-7,9H2,1-4H3. The SMILES string of the molecule is CN(Cc1csc(N(C)C2CC2)n1)CC(C)(C)O. The average Bonchev–Trinajstić information content (AvgIpc) is 2.96. The van der Waals surface area contributed by atoms with E-state index >= 15 is 0 Å². The highest BCUT2D eigenvalue weighted by molar-refractivity contribution is 7.13. The molecular weight excluding hydrogens is 246 g/mol. The number of nitrogens with zero attached hydrogens (tertiary/aromatic N) is 3. The second-order valence-electron chi connectivity index (χ2n) is 5.95. The predicted molar refractivity (Wildman–Crippen MR) is 76.2 cm³/mol. The van der Waals surface area contributed by atoms with Gasteiger partial charge in [-0.3, -0.25) is 4.90 Å². The van der Waals surface area contributed by atoms with Crippen LogP contribution >= 0.6 is 11.3 Å². The van der Waals surface area contributed by atoms with Crippen molar-refractivity contribution in [2.45, 2.75) is 44.9 Å². The Morgan fingerprint density at radius 3 is 2.67 bits per heavy atom. The van der Waals surface area contributed by atoms with Gasteiger partial charge in [-0.05, 0) is 33.7 Å². The van der Waals surface area contributed by atoms with Gasteiger partial charge in [0.25, 0.3) is 0 Å². The Morgan fingerprint density at radius 2 is 2.11 bits per heavy atom. The molecule has 1 N–H and O–H groups in total. The molecule has 1 aromatic heterocycles. The maximum Gasteiger partial charge on any atom is 0.185 e. The monoisotopic (exact) mass is 269 g/mol. The van der Waals surface area contributed by atoms with E-state index in [1.54, 1.807) is 11.3 Å². The third kappa shape index (κ3) is 3.93. The first kappa shape index (κ1) is 13.8. The van der Waals surface area contributed by atoms with Gasteiger partial charge >= 0.3 is 0 Å². The number of aliphatic hydroxyl groups is 1. The van der Waals surface area contributed by atoms with E-state index in [1.807, 2.05) is 20.9 Å².